The molecule has 2 aromatic rings. The summed E-state index contributed by atoms with van der Waals surface area (Å²) in [5.74, 6) is 0. The molecule has 14 heavy (non-hydrogen) atoms. The van der Waals surface area contributed by atoms with Gasteiger partial charge in [-0.2, -0.15) is 4.98 Å². The third-order valence-electron chi connectivity index (χ3n) is 1.84. The van der Waals surface area contributed by atoms with E-state index >= 15 is 0 Å². The minimum Gasteiger partial charge on any atom is -0.428 e. The quantitative estimate of drug-likeness (QED) is 0.717. The second-order valence-corrected chi connectivity index (χ2v) is 5.12. The highest BCUT2D eigenvalue weighted by atomic mass is 32.2. The van der Waals surface area contributed by atoms with Crippen LogP contribution in [0, 0.1) is 6.92 Å². The molecular weight excluding hydrogens is 202 g/mol. The van der Waals surface area contributed by atoms with E-state index in [-0.39, 0.29) is 5.22 Å². The summed E-state index contributed by atoms with van der Waals surface area (Å²) in [4.78, 5) is 3.87. The summed E-state index contributed by atoms with van der Waals surface area (Å²) in [5.41, 5.74) is 2.08. The van der Waals surface area contributed by atoms with Crippen LogP contribution in [-0.2, 0) is 9.84 Å². The summed E-state index contributed by atoms with van der Waals surface area (Å²) < 4.78 is 27.4. The molecule has 5 heteroatoms. The Morgan fingerprint density at radius 2 is 2.07 bits per heavy atom. The van der Waals surface area contributed by atoms with Crippen molar-refractivity contribution < 1.29 is 12.8 Å². The summed E-state index contributed by atoms with van der Waals surface area (Å²) in [7, 11) is -3.36. The van der Waals surface area contributed by atoms with Gasteiger partial charge in [0, 0.05) is 6.26 Å². The fourth-order valence-electron chi connectivity index (χ4n) is 1.17. The van der Waals surface area contributed by atoms with Crippen molar-refractivity contribution in [3.05, 3.63) is 23.8 Å². The van der Waals surface area contributed by atoms with Crippen molar-refractivity contribution in [2.24, 2.45) is 0 Å². The Morgan fingerprint density at radius 1 is 1.36 bits per heavy atom. The number of aryl methyl sites for hydroxylation is 1. The summed E-state index contributed by atoms with van der Waals surface area (Å²) in [6.07, 6.45) is 1.07. The first-order valence-electron chi connectivity index (χ1n) is 4.04. The molecule has 2 rings (SSSR count). The Hall–Kier alpha value is -1.36. The first-order valence-corrected chi connectivity index (χ1v) is 5.93. The predicted octanol–water partition coefficient (Wildman–Crippen LogP) is 1.54. The Kier molecular flexibility index (Phi) is 1.85. The number of rotatable bonds is 1. The first kappa shape index (κ1) is 9.21. The van der Waals surface area contributed by atoms with Crippen LogP contribution in [0.25, 0.3) is 11.1 Å². The average Bonchev–Trinajstić information content (AvgIpc) is 2.45. The van der Waals surface area contributed by atoms with E-state index in [0.29, 0.717) is 11.1 Å². The van der Waals surface area contributed by atoms with Crippen molar-refractivity contribution in [2.75, 3.05) is 6.26 Å². The van der Waals surface area contributed by atoms with Crippen molar-refractivity contribution in [1.29, 1.82) is 0 Å². The SMILES string of the molecule is Cc1ccc2nc(S(C)(=O)=O)oc2c1. The standard InChI is InChI=1S/C9H9NO3S/c1-6-3-4-7-8(5-6)13-9(10-7)14(2,11)12/h3-5H,1-2H3. The van der Waals surface area contributed by atoms with Crippen LogP contribution in [0.4, 0.5) is 0 Å². The highest BCUT2D eigenvalue weighted by molar-refractivity contribution is 7.90. The molecule has 0 unspecified atom stereocenters. The van der Waals surface area contributed by atoms with Crippen molar-refractivity contribution in [2.45, 2.75) is 12.1 Å². The molecule has 0 radical (unpaired) electrons. The summed E-state index contributed by atoms with van der Waals surface area (Å²) in [6, 6.07) is 5.36. The van der Waals surface area contributed by atoms with Gasteiger partial charge in [0.15, 0.2) is 5.58 Å². The van der Waals surface area contributed by atoms with E-state index in [9.17, 15) is 8.42 Å². The second-order valence-electron chi connectivity index (χ2n) is 3.22. The molecule has 0 aliphatic rings. The van der Waals surface area contributed by atoms with E-state index < -0.39 is 9.84 Å². The zero-order chi connectivity index (χ0) is 10.3. The first-order chi connectivity index (χ1) is 6.47. The van der Waals surface area contributed by atoms with Crippen LogP contribution in [0.1, 0.15) is 5.56 Å². The molecule has 0 N–H and O–H groups in total. The van der Waals surface area contributed by atoms with E-state index in [0.717, 1.165) is 11.8 Å². The number of benzene rings is 1. The fourth-order valence-corrected chi connectivity index (χ4v) is 1.67. The van der Waals surface area contributed by atoms with Crippen molar-refractivity contribution >= 4 is 20.9 Å². The van der Waals surface area contributed by atoms with Crippen LogP contribution in [0.5, 0.6) is 0 Å². The number of hydrogen-bond acceptors (Lipinski definition) is 4. The number of fused-ring (bicyclic) bond motifs is 1. The Bertz CT molecular complexity index is 583. The smallest absolute Gasteiger partial charge is 0.315 e. The lowest BCUT2D eigenvalue weighted by atomic mass is 10.2. The molecule has 1 aromatic carbocycles. The highest BCUT2D eigenvalue weighted by Gasteiger charge is 2.15. The van der Waals surface area contributed by atoms with E-state index in [1.165, 1.54) is 0 Å². The van der Waals surface area contributed by atoms with Gasteiger partial charge in [-0.3, -0.25) is 0 Å². The van der Waals surface area contributed by atoms with Gasteiger partial charge in [0.1, 0.15) is 5.52 Å². The van der Waals surface area contributed by atoms with E-state index in [1.54, 1.807) is 12.1 Å². The molecular formula is C9H9NO3S. The van der Waals surface area contributed by atoms with Gasteiger partial charge in [-0.25, -0.2) is 8.42 Å². The van der Waals surface area contributed by atoms with Gasteiger partial charge in [0.05, 0.1) is 0 Å². The zero-order valence-electron chi connectivity index (χ0n) is 7.81. The minimum atomic E-state index is -3.36. The number of sulfone groups is 1. The summed E-state index contributed by atoms with van der Waals surface area (Å²) >= 11 is 0. The Labute approximate surface area is 81.5 Å². The lowest BCUT2D eigenvalue weighted by Gasteiger charge is -1.88. The van der Waals surface area contributed by atoms with Crippen LogP contribution < -0.4 is 0 Å². The lowest BCUT2D eigenvalue weighted by molar-refractivity contribution is 0.460. The molecule has 4 nitrogen and oxygen atoms in total. The van der Waals surface area contributed by atoms with Gasteiger partial charge in [0.2, 0.25) is 9.84 Å². The van der Waals surface area contributed by atoms with Gasteiger partial charge in [0.25, 0.3) is 0 Å². The maximum Gasteiger partial charge on any atom is 0.315 e. The monoisotopic (exact) mass is 211 g/mol. The predicted molar refractivity (Wildman–Crippen MR) is 51.9 cm³/mol. The van der Waals surface area contributed by atoms with E-state index in [1.807, 2.05) is 13.0 Å². The van der Waals surface area contributed by atoms with Crippen molar-refractivity contribution in [3.8, 4) is 0 Å². The van der Waals surface area contributed by atoms with Crippen molar-refractivity contribution in [1.82, 2.24) is 4.98 Å². The largest absolute Gasteiger partial charge is 0.428 e. The molecule has 1 heterocycles. The molecule has 0 bridgehead atoms. The third-order valence-corrected chi connectivity index (χ3v) is 2.65. The number of hydrogen-bond donors (Lipinski definition) is 0. The topological polar surface area (TPSA) is 60.2 Å². The highest BCUT2D eigenvalue weighted by Crippen LogP contribution is 2.19. The maximum atomic E-state index is 11.1. The maximum absolute atomic E-state index is 11.1. The van der Waals surface area contributed by atoms with Crippen LogP contribution >= 0.6 is 0 Å². The number of nitrogens with zero attached hydrogens (tertiary/aromatic N) is 1. The average molecular weight is 211 g/mol. The van der Waals surface area contributed by atoms with Crippen LogP contribution in [0.2, 0.25) is 0 Å². The van der Waals surface area contributed by atoms with E-state index in [2.05, 4.69) is 4.98 Å². The lowest BCUT2D eigenvalue weighted by Crippen LogP contribution is -1.96. The molecule has 0 aliphatic heterocycles. The molecule has 0 fully saturated rings. The fraction of sp³-hybridized carbons (Fsp3) is 0.222. The zero-order valence-corrected chi connectivity index (χ0v) is 8.63. The molecule has 0 amide bonds. The van der Waals surface area contributed by atoms with Crippen molar-refractivity contribution in [3.63, 3.8) is 0 Å². The van der Waals surface area contributed by atoms with Gasteiger partial charge in [-0.15, -0.1) is 0 Å². The molecule has 74 valence electrons. The number of aromatic nitrogens is 1. The number of oxazole rings is 1. The van der Waals surface area contributed by atoms with Gasteiger partial charge in [-0.05, 0) is 24.6 Å². The van der Waals surface area contributed by atoms with Crippen LogP contribution in [-0.4, -0.2) is 19.7 Å². The van der Waals surface area contributed by atoms with Gasteiger partial charge in [-0.1, -0.05) is 6.07 Å². The second kappa shape index (κ2) is 2.81. The van der Waals surface area contributed by atoms with E-state index in [4.69, 9.17) is 4.42 Å². The minimum absolute atomic E-state index is 0.224. The molecule has 0 saturated heterocycles. The molecule has 0 aliphatic carbocycles. The molecule has 1 aromatic heterocycles. The Balaban J connectivity index is 2.75. The third kappa shape index (κ3) is 1.50. The molecule has 0 saturated carbocycles. The Morgan fingerprint density at radius 3 is 2.71 bits per heavy atom. The van der Waals surface area contributed by atoms with Crippen LogP contribution in [0.3, 0.4) is 0 Å². The summed E-state index contributed by atoms with van der Waals surface area (Å²) in [6.45, 7) is 1.90. The van der Waals surface area contributed by atoms with Crippen LogP contribution in [0.15, 0.2) is 27.8 Å². The van der Waals surface area contributed by atoms with Gasteiger partial charge >= 0.3 is 5.22 Å². The molecule has 0 spiro atoms. The van der Waals surface area contributed by atoms with Gasteiger partial charge < -0.3 is 4.42 Å². The summed E-state index contributed by atoms with van der Waals surface area (Å²) in [5, 5.41) is -0.224. The normalized spacial score (nSPS) is 12.1. The molecule has 0 atom stereocenters.